The van der Waals surface area contributed by atoms with Crippen molar-refractivity contribution >= 4 is 5.90 Å². The van der Waals surface area contributed by atoms with Crippen LogP contribution < -0.4 is 0 Å². The fourth-order valence-corrected chi connectivity index (χ4v) is 1.92. The van der Waals surface area contributed by atoms with Gasteiger partial charge >= 0.3 is 0 Å². The molecule has 6 heteroatoms. The van der Waals surface area contributed by atoms with E-state index in [1.807, 2.05) is 0 Å². The van der Waals surface area contributed by atoms with E-state index in [9.17, 15) is 19.0 Å². The number of nitrogens with zero attached hydrogens (tertiary/aromatic N) is 1. The number of hydrogen-bond acceptors (Lipinski definition) is 4. The van der Waals surface area contributed by atoms with E-state index in [0.717, 1.165) is 0 Å². The minimum atomic E-state index is -1.10. The molecule has 1 aliphatic rings. The average Bonchev–Trinajstić information content (AvgIpc) is 2.38. The van der Waals surface area contributed by atoms with Gasteiger partial charge in [0, 0.05) is 12.0 Å². The Morgan fingerprint density at radius 3 is 2.68 bits per heavy atom. The standard InChI is InChI=1S/C13H15F2NO3/c14-7-11(17)5-10-6-12(18)19-13(16-10)8-1-3-9(15)4-2-8/h1-4,10-12,17-18H,5-7H2. The SMILES string of the molecule is OC(CF)CC1CC(O)OC(c2ccc(F)cc2)=N1. The number of aliphatic hydroxyl groups is 2. The first kappa shape index (κ1) is 13.9. The Kier molecular flexibility index (Phi) is 4.44. The van der Waals surface area contributed by atoms with Crippen LogP contribution in [0, 0.1) is 5.82 Å². The van der Waals surface area contributed by atoms with Crippen molar-refractivity contribution < 1.29 is 23.7 Å². The molecule has 0 bridgehead atoms. The smallest absolute Gasteiger partial charge is 0.218 e. The van der Waals surface area contributed by atoms with E-state index in [2.05, 4.69) is 4.99 Å². The molecule has 0 fully saturated rings. The summed E-state index contributed by atoms with van der Waals surface area (Å²) in [5.41, 5.74) is 0.528. The van der Waals surface area contributed by atoms with Crippen molar-refractivity contribution in [2.24, 2.45) is 4.99 Å². The minimum absolute atomic E-state index is 0.113. The van der Waals surface area contributed by atoms with Gasteiger partial charge in [-0.25, -0.2) is 13.8 Å². The zero-order valence-electron chi connectivity index (χ0n) is 10.2. The summed E-state index contributed by atoms with van der Waals surface area (Å²) in [6.45, 7) is -0.852. The summed E-state index contributed by atoms with van der Waals surface area (Å²) in [6, 6.07) is 5.06. The number of ether oxygens (including phenoxy) is 1. The predicted molar refractivity (Wildman–Crippen MR) is 65.0 cm³/mol. The first-order chi connectivity index (χ1) is 9.08. The Bertz CT molecular complexity index is 450. The summed E-state index contributed by atoms with van der Waals surface area (Å²) >= 11 is 0. The van der Waals surface area contributed by atoms with Gasteiger partial charge in [-0.15, -0.1) is 0 Å². The fourth-order valence-electron chi connectivity index (χ4n) is 1.92. The number of aliphatic imine (C=N–C) groups is 1. The van der Waals surface area contributed by atoms with Crippen molar-refractivity contribution in [3.8, 4) is 0 Å². The molecule has 3 atom stereocenters. The second kappa shape index (κ2) is 6.08. The minimum Gasteiger partial charge on any atom is -0.448 e. The lowest BCUT2D eigenvalue weighted by molar-refractivity contribution is -0.0496. The first-order valence-corrected chi connectivity index (χ1v) is 6.01. The van der Waals surface area contributed by atoms with Crippen LogP contribution in [-0.2, 0) is 4.74 Å². The Labute approximate surface area is 109 Å². The number of rotatable bonds is 4. The monoisotopic (exact) mass is 271 g/mol. The van der Waals surface area contributed by atoms with E-state index in [1.54, 1.807) is 0 Å². The predicted octanol–water partition coefficient (Wildman–Crippen LogP) is 1.40. The van der Waals surface area contributed by atoms with E-state index in [-0.39, 0.29) is 24.6 Å². The lowest BCUT2D eigenvalue weighted by atomic mass is 10.1. The van der Waals surface area contributed by atoms with Crippen LogP contribution in [0.2, 0.25) is 0 Å². The van der Waals surface area contributed by atoms with Crippen molar-refractivity contribution in [2.45, 2.75) is 31.3 Å². The second-order valence-corrected chi connectivity index (χ2v) is 4.45. The van der Waals surface area contributed by atoms with Crippen LogP contribution in [0.1, 0.15) is 18.4 Å². The molecule has 1 aromatic carbocycles. The summed E-state index contributed by atoms with van der Waals surface area (Å²) in [7, 11) is 0. The van der Waals surface area contributed by atoms with Crippen LogP contribution in [0.3, 0.4) is 0 Å². The van der Waals surface area contributed by atoms with Gasteiger partial charge in [0.2, 0.25) is 12.2 Å². The highest BCUT2D eigenvalue weighted by atomic mass is 19.1. The molecule has 1 aromatic rings. The quantitative estimate of drug-likeness (QED) is 0.870. The molecule has 0 amide bonds. The van der Waals surface area contributed by atoms with Crippen molar-refractivity contribution in [3.63, 3.8) is 0 Å². The third-order valence-electron chi connectivity index (χ3n) is 2.83. The molecule has 0 aliphatic carbocycles. The zero-order valence-corrected chi connectivity index (χ0v) is 10.2. The van der Waals surface area contributed by atoms with E-state index >= 15 is 0 Å². The second-order valence-electron chi connectivity index (χ2n) is 4.45. The van der Waals surface area contributed by atoms with Crippen LogP contribution >= 0.6 is 0 Å². The number of hydrogen-bond donors (Lipinski definition) is 2. The molecule has 3 unspecified atom stereocenters. The molecule has 2 N–H and O–H groups in total. The van der Waals surface area contributed by atoms with Gasteiger partial charge in [0.25, 0.3) is 0 Å². The van der Waals surface area contributed by atoms with Gasteiger partial charge in [-0.2, -0.15) is 0 Å². The lowest BCUT2D eigenvalue weighted by Gasteiger charge is -2.26. The van der Waals surface area contributed by atoms with Gasteiger partial charge in [0.15, 0.2) is 0 Å². The maximum atomic E-state index is 12.8. The average molecular weight is 271 g/mol. The molecule has 104 valence electrons. The largest absolute Gasteiger partial charge is 0.448 e. The molecule has 0 radical (unpaired) electrons. The summed E-state index contributed by atoms with van der Waals surface area (Å²) in [6.07, 6.45) is -1.86. The van der Waals surface area contributed by atoms with Crippen LogP contribution in [0.5, 0.6) is 0 Å². The van der Waals surface area contributed by atoms with E-state index in [1.165, 1.54) is 24.3 Å². The van der Waals surface area contributed by atoms with E-state index in [0.29, 0.717) is 5.56 Å². The highest BCUT2D eigenvalue weighted by molar-refractivity contribution is 5.94. The normalized spacial score (nSPS) is 24.5. The molecule has 1 aliphatic heterocycles. The molecule has 0 spiro atoms. The molecule has 2 rings (SSSR count). The van der Waals surface area contributed by atoms with Crippen molar-refractivity contribution in [1.29, 1.82) is 0 Å². The lowest BCUT2D eigenvalue weighted by Crippen LogP contribution is -2.32. The fraction of sp³-hybridized carbons (Fsp3) is 0.462. The number of benzene rings is 1. The van der Waals surface area contributed by atoms with Gasteiger partial charge in [-0.3, -0.25) is 0 Å². The Balaban J connectivity index is 2.16. The number of alkyl halides is 1. The maximum absolute atomic E-state index is 12.8. The van der Waals surface area contributed by atoms with Crippen molar-refractivity contribution in [1.82, 2.24) is 0 Å². The molecule has 0 saturated heterocycles. The number of aliphatic hydroxyl groups excluding tert-OH is 2. The van der Waals surface area contributed by atoms with Gasteiger partial charge in [0.05, 0.1) is 12.1 Å². The van der Waals surface area contributed by atoms with Gasteiger partial charge in [0.1, 0.15) is 12.5 Å². The highest BCUT2D eigenvalue weighted by Crippen LogP contribution is 2.20. The van der Waals surface area contributed by atoms with Crippen LogP contribution in [-0.4, -0.2) is 41.2 Å². The molecule has 0 aromatic heterocycles. The van der Waals surface area contributed by atoms with Crippen LogP contribution in [0.4, 0.5) is 8.78 Å². The van der Waals surface area contributed by atoms with Gasteiger partial charge in [-0.1, -0.05) is 0 Å². The maximum Gasteiger partial charge on any atom is 0.218 e. The van der Waals surface area contributed by atoms with Gasteiger partial charge < -0.3 is 14.9 Å². The molecular formula is C13H15F2NO3. The highest BCUT2D eigenvalue weighted by Gasteiger charge is 2.26. The van der Waals surface area contributed by atoms with Crippen LogP contribution in [0.15, 0.2) is 29.3 Å². The molecule has 4 nitrogen and oxygen atoms in total. The Morgan fingerprint density at radius 2 is 2.05 bits per heavy atom. The van der Waals surface area contributed by atoms with Gasteiger partial charge in [-0.05, 0) is 30.7 Å². The molecular weight excluding hydrogens is 256 g/mol. The van der Waals surface area contributed by atoms with Crippen molar-refractivity contribution in [2.75, 3.05) is 6.67 Å². The third kappa shape index (κ3) is 3.71. The van der Waals surface area contributed by atoms with Crippen molar-refractivity contribution in [3.05, 3.63) is 35.6 Å². The van der Waals surface area contributed by atoms with Crippen LogP contribution in [0.25, 0.3) is 0 Å². The first-order valence-electron chi connectivity index (χ1n) is 6.01. The summed E-state index contributed by atoms with van der Waals surface area (Å²) in [4.78, 5) is 4.21. The molecule has 1 heterocycles. The Morgan fingerprint density at radius 1 is 1.37 bits per heavy atom. The topological polar surface area (TPSA) is 62.0 Å². The summed E-state index contributed by atoms with van der Waals surface area (Å²) < 4.78 is 30.3. The summed E-state index contributed by atoms with van der Waals surface area (Å²) in [5, 5.41) is 18.9. The number of halogens is 2. The zero-order chi connectivity index (χ0) is 13.8. The Hall–Kier alpha value is -1.53. The van der Waals surface area contributed by atoms with E-state index in [4.69, 9.17) is 4.74 Å². The molecule has 19 heavy (non-hydrogen) atoms. The third-order valence-corrected chi connectivity index (χ3v) is 2.83. The van der Waals surface area contributed by atoms with E-state index < -0.39 is 25.1 Å². The molecule has 0 saturated carbocycles. The summed E-state index contributed by atoms with van der Waals surface area (Å²) in [5.74, 6) is -0.208.